The van der Waals surface area contributed by atoms with Gasteiger partial charge in [-0.25, -0.2) is 0 Å². The molecule has 144 valence electrons. The lowest BCUT2D eigenvalue weighted by Gasteiger charge is -2.42. The lowest BCUT2D eigenvalue weighted by molar-refractivity contribution is -0.119. The molecule has 0 unspecified atom stereocenters. The number of amides is 1. The summed E-state index contributed by atoms with van der Waals surface area (Å²) in [6.07, 6.45) is 3.45. The van der Waals surface area contributed by atoms with Crippen LogP contribution in [0.15, 0.2) is 64.2 Å². The molecule has 1 aliphatic rings. The summed E-state index contributed by atoms with van der Waals surface area (Å²) in [5, 5.41) is 11.6. The molecule has 1 aromatic heterocycles. The Labute approximate surface area is 168 Å². The van der Waals surface area contributed by atoms with Gasteiger partial charge in [0.25, 0.3) is 5.22 Å². The van der Waals surface area contributed by atoms with Crippen LogP contribution < -0.4 is 5.32 Å². The molecular weight excluding hydrogens is 370 g/mol. The molecule has 1 aliphatic carbocycles. The van der Waals surface area contributed by atoms with E-state index in [4.69, 9.17) is 4.42 Å². The molecule has 1 heterocycles. The predicted molar refractivity (Wildman–Crippen MR) is 110 cm³/mol. The van der Waals surface area contributed by atoms with Crippen LogP contribution in [-0.4, -0.2) is 28.4 Å². The van der Waals surface area contributed by atoms with Gasteiger partial charge in [-0.3, -0.25) is 4.79 Å². The van der Waals surface area contributed by atoms with E-state index in [1.165, 1.54) is 29.3 Å². The lowest BCUT2D eigenvalue weighted by Crippen LogP contribution is -2.46. The van der Waals surface area contributed by atoms with Crippen LogP contribution in [0.25, 0.3) is 11.5 Å². The third-order valence-electron chi connectivity index (χ3n) is 5.35. The van der Waals surface area contributed by atoms with Gasteiger partial charge in [0.2, 0.25) is 11.8 Å². The predicted octanol–water partition coefficient (Wildman–Crippen LogP) is 4.38. The van der Waals surface area contributed by atoms with Gasteiger partial charge in [0.15, 0.2) is 0 Å². The van der Waals surface area contributed by atoms with E-state index in [0.29, 0.717) is 17.7 Å². The van der Waals surface area contributed by atoms with Crippen molar-refractivity contribution in [2.75, 3.05) is 12.3 Å². The van der Waals surface area contributed by atoms with Crippen LogP contribution >= 0.6 is 11.8 Å². The topological polar surface area (TPSA) is 68.0 Å². The molecule has 0 radical (unpaired) electrons. The Morgan fingerprint density at radius 2 is 1.86 bits per heavy atom. The van der Waals surface area contributed by atoms with Gasteiger partial charge in [-0.15, -0.1) is 10.2 Å². The number of thioether (sulfide) groups is 1. The van der Waals surface area contributed by atoms with Crippen molar-refractivity contribution in [1.29, 1.82) is 0 Å². The summed E-state index contributed by atoms with van der Waals surface area (Å²) in [4.78, 5) is 12.3. The van der Waals surface area contributed by atoms with E-state index in [1.54, 1.807) is 0 Å². The SMILES string of the molecule is Cc1ccc(-c2nnc(SCC(=O)NCC3(c4ccccc4)CCC3)o2)cc1. The largest absolute Gasteiger partial charge is 0.411 e. The number of carbonyl (C=O) groups excluding carboxylic acids is 1. The van der Waals surface area contributed by atoms with Crippen molar-refractivity contribution < 1.29 is 9.21 Å². The number of aromatic nitrogens is 2. The van der Waals surface area contributed by atoms with Gasteiger partial charge in [-0.2, -0.15) is 0 Å². The number of rotatable bonds is 7. The van der Waals surface area contributed by atoms with Crippen molar-refractivity contribution in [3.63, 3.8) is 0 Å². The van der Waals surface area contributed by atoms with E-state index in [0.717, 1.165) is 18.4 Å². The summed E-state index contributed by atoms with van der Waals surface area (Å²) < 4.78 is 5.67. The maximum atomic E-state index is 12.3. The minimum Gasteiger partial charge on any atom is -0.411 e. The highest BCUT2D eigenvalue weighted by atomic mass is 32.2. The first-order valence-electron chi connectivity index (χ1n) is 9.50. The van der Waals surface area contributed by atoms with Crippen molar-refractivity contribution in [2.24, 2.45) is 0 Å². The molecule has 2 aromatic carbocycles. The monoisotopic (exact) mass is 393 g/mol. The summed E-state index contributed by atoms with van der Waals surface area (Å²) in [6.45, 7) is 2.71. The molecule has 1 saturated carbocycles. The molecule has 3 aromatic rings. The van der Waals surface area contributed by atoms with Crippen molar-refractivity contribution in [2.45, 2.75) is 36.8 Å². The third kappa shape index (κ3) is 4.12. The lowest BCUT2D eigenvalue weighted by atomic mass is 9.64. The van der Waals surface area contributed by atoms with Gasteiger partial charge < -0.3 is 9.73 Å². The van der Waals surface area contributed by atoms with E-state index >= 15 is 0 Å². The Hall–Kier alpha value is -2.60. The highest BCUT2D eigenvalue weighted by Crippen LogP contribution is 2.43. The zero-order valence-corrected chi connectivity index (χ0v) is 16.7. The number of hydrogen-bond acceptors (Lipinski definition) is 5. The van der Waals surface area contributed by atoms with Crippen molar-refractivity contribution in [1.82, 2.24) is 15.5 Å². The van der Waals surface area contributed by atoms with Crippen LogP contribution in [0, 0.1) is 6.92 Å². The molecular formula is C22H23N3O2S. The maximum Gasteiger partial charge on any atom is 0.277 e. The van der Waals surface area contributed by atoms with Crippen LogP contribution in [0.4, 0.5) is 0 Å². The van der Waals surface area contributed by atoms with Crippen molar-refractivity contribution >= 4 is 17.7 Å². The minimum atomic E-state index is -0.0118. The summed E-state index contributed by atoms with van der Waals surface area (Å²) in [5.74, 6) is 0.725. The molecule has 5 nitrogen and oxygen atoms in total. The van der Waals surface area contributed by atoms with E-state index in [-0.39, 0.29) is 17.1 Å². The van der Waals surface area contributed by atoms with Gasteiger partial charge in [0.05, 0.1) is 5.75 Å². The normalized spacial score (nSPS) is 15.0. The van der Waals surface area contributed by atoms with Crippen molar-refractivity contribution in [3.8, 4) is 11.5 Å². The Morgan fingerprint density at radius 1 is 1.11 bits per heavy atom. The number of benzene rings is 2. The Bertz CT molecular complexity index is 934. The number of nitrogens with zero attached hydrogens (tertiary/aromatic N) is 2. The van der Waals surface area contributed by atoms with E-state index in [9.17, 15) is 4.79 Å². The summed E-state index contributed by atoms with van der Waals surface area (Å²) in [6, 6.07) is 18.4. The molecule has 1 amide bonds. The van der Waals surface area contributed by atoms with E-state index in [2.05, 4.69) is 39.8 Å². The fraction of sp³-hybridized carbons (Fsp3) is 0.318. The summed E-state index contributed by atoms with van der Waals surface area (Å²) in [5.41, 5.74) is 3.46. The molecule has 0 saturated heterocycles. The van der Waals surface area contributed by atoms with E-state index < -0.39 is 0 Å². The maximum absolute atomic E-state index is 12.3. The minimum absolute atomic E-state index is 0.0118. The molecule has 1 N–H and O–H groups in total. The molecule has 0 spiro atoms. The fourth-order valence-electron chi connectivity index (χ4n) is 3.49. The second-order valence-electron chi connectivity index (χ2n) is 7.30. The Morgan fingerprint density at radius 3 is 2.54 bits per heavy atom. The van der Waals surface area contributed by atoms with Gasteiger partial charge >= 0.3 is 0 Å². The van der Waals surface area contributed by atoms with Crippen LogP contribution in [0.5, 0.6) is 0 Å². The Balaban J connectivity index is 1.30. The number of carbonyl (C=O) groups is 1. The van der Waals surface area contributed by atoms with Crippen LogP contribution in [0.3, 0.4) is 0 Å². The van der Waals surface area contributed by atoms with E-state index in [1.807, 2.05) is 37.3 Å². The molecule has 0 atom stereocenters. The summed E-state index contributed by atoms with van der Waals surface area (Å²) >= 11 is 1.27. The second-order valence-corrected chi connectivity index (χ2v) is 8.23. The molecule has 1 fully saturated rings. The van der Waals surface area contributed by atoms with Crippen LogP contribution in [0.2, 0.25) is 0 Å². The standard InChI is InChI=1S/C22H23N3O2S/c1-16-8-10-17(11-9-16)20-24-25-21(27-20)28-14-19(26)23-15-22(12-5-13-22)18-6-3-2-4-7-18/h2-4,6-11H,5,12-15H2,1H3,(H,23,26). The van der Waals surface area contributed by atoms with Gasteiger partial charge in [0, 0.05) is 17.5 Å². The van der Waals surface area contributed by atoms with Crippen LogP contribution in [-0.2, 0) is 10.2 Å². The molecule has 28 heavy (non-hydrogen) atoms. The zero-order chi connectivity index (χ0) is 19.4. The molecule has 6 heteroatoms. The number of aryl methyl sites for hydroxylation is 1. The summed E-state index contributed by atoms with van der Waals surface area (Å²) in [7, 11) is 0. The van der Waals surface area contributed by atoms with Gasteiger partial charge in [-0.1, -0.05) is 66.2 Å². The van der Waals surface area contributed by atoms with Crippen LogP contribution in [0.1, 0.15) is 30.4 Å². The van der Waals surface area contributed by atoms with Crippen molar-refractivity contribution in [3.05, 3.63) is 65.7 Å². The van der Waals surface area contributed by atoms with Gasteiger partial charge in [-0.05, 0) is 37.5 Å². The first-order chi connectivity index (χ1) is 13.6. The highest BCUT2D eigenvalue weighted by molar-refractivity contribution is 7.99. The average Bonchev–Trinajstić information content (AvgIpc) is 3.16. The van der Waals surface area contributed by atoms with Gasteiger partial charge in [0.1, 0.15) is 0 Å². The third-order valence-corrected chi connectivity index (χ3v) is 6.17. The smallest absolute Gasteiger partial charge is 0.277 e. The Kier molecular flexibility index (Phi) is 5.48. The quantitative estimate of drug-likeness (QED) is 0.604. The number of hydrogen-bond donors (Lipinski definition) is 1. The number of nitrogens with one attached hydrogen (secondary N) is 1. The molecule has 0 bridgehead atoms. The first kappa shape index (κ1) is 18.7. The zero-order valence-electron chi connectivity index (χ0n) is 15.9. The average molecular weight is 394 g/mol. The molecule has 4 rings (SSSR count). The first-order valence-corrected chi connectivity index (χ1v) is 10.5. The fourth-order valence-corrected chi connectivity index (χ4v) is 4.08. The molecule has 0 aliphatic heterocycles. The highest BCUT2D eigenvalue weighted by Gasteiger charge is 2.38. The second kappa shape index (κ2) is 8.19.